The van der Waals surface area contributed by atoms with Gasteiger partial charge in [-0.1, -0.05) is 25.1 Å². The van der Waals surface area contributed by atoms with Crippen molar-refractivity contribution in [3.63, 3.8) is 0 Å². The highest BCUT2D eigenvalue weighted by molar-refractivity contribution is 5.95. The number of nitrogens with zero attached hydrogens (tertiary/aromatic N) is 5. The van der Waals surface area contributed by atoms with Crippen LogP contribution in [0.5, 0.6) is 5.75 Å². The minimum Gasteiger partial charge on any atom is -0.494 e. The maximum absolute atomic E-state index is 6.46. The SMILES string of the molecule is CCCN(C)CCN(C)c1cc(OC)c(Nc2nccc(-c3cn(C)c4ccccc34)n2)cc1N. The van der Waals surface area contributed by atoms with Gasteiger partial charge in [0.15, 0.2) is 0 Å². The number of fused-ring (bicyclic) bond motifs is 1. The quantitative estimate of drug-likeness (QED) is 0.322. The van der Waals surface area contributed by atoms with E-state index in [4.69, 9.17) is 15.5 Å². The van der Waals surface area contributed by atoms with E-state index in [1.165, 1.54) is 0 Å². The molecule has 2 aromatic carbocycles. The average Bonchev–Trinajstić information content (AvgIpc) is 3.20. The summed E-state index contributed by atoms with van der Waals surface area (Å²) in [5.74, 6) is 1.16. The van der Waals surface area contributed by atoms with E-state index in [1.807, 2.05) is 37.4 Å². The van der Waals surface area contributed by atoms with Crippen molar-refractivity contribution in [1.29, 1.82) is 0 Å². The molecule has 2 heterocycles. The van der Waals surface area contributed by atoms with Gasteiger partial charge in [0.2, 0.25) is 5.95 Å². The van der Waals surface area contributed by atoms with Crippen LogP contribution in [0, 0.1) is 0 Å². The number of rotatable bonds is 10. The molecule has 0 bridgehead atoms. The zero-order chi connectivity index (χ0) is 24.9. The second-order valence-electron chi connectivity index (χ2n) is 8.90. The van der Waals surface area contributed by atoms with Gasteiger partial charge in [-0.2, -0.15) is 0 Å². The van der Waals surface area contributed by atoms with Crippen molar-refractivity contribution in [2.75, 3.05) is 56.8 Å². The summed E-state index contributed by atoms with van der Waals surface area (Å²) in [7, 11) is 7.89. The van der Waals surface area contributed by atoms with E-state index in [-0.39, 0.29) is 0 Å². The van der Waals surface area contributed by atoms with Crippen molar-refractivity contribution in [3.05, 3.63) is 54.9 Å². The Bertz CT molecular complexity index is 1300. The molecule has 8 nitrogen and oxygen atoms in total. The van der Waals surface area contributed by atoms with Gasteiger partial charge in [0.05, 0.1) is 29.9 Å². The van der Waals surface area contributed by atoms with Gasteiger partial charge in [0.1, 0.15) is 5.75 Å². The molecule has 0 unspecified atom stereocenters. The van der Waals surface area contributed by atoms with E-state index < -0.39 is 0 Å². The number of methoxy groups -OCH3 is 1. The van der Waals surface area contributed by atoms with Gasteiger partial charge >= 0.3 is 0 Å². The Balaban J connectivity index is 1.58. The molecule has 2 aromatic heterocycles. The van der Waals surface area contributed by atoms with E-state index in [1.54, 1.807) is 13.3 Å². The Morgan fingerprint density at radius 1 is 1.09 bits per heavy atom. The number of likely N-dealkylation sites (N-methyl/N-ethyl adjacent to an activating group) is 2. The van der Waals surface area contributed by atoms with E-state index in [2.05, 4.69) is 64.0 Å². The largest absolute Gasteiger partial charge is 0.494 e. The molecule has 0 spiro atoms. The highest BCUT2D eigenvalue weighted by Gasteiger charge is 2.15. The summed E-state index contributed by atoms with van der Waals surface area (Å²) in [5, 5.41) is 4.45. The van der Waals surface area contributed by atoms with E-state index in [0.29, 0.717) is 17.4 Å². The van der Waals surface area contributed by atoms with Crippen molar-refractivity contribution in [2.45, 2.75) is 13.3 Å². The molecule has 0 aliphatic rings. The van der Waals surface area contributed by atoms with Crippen LogP contribution in [0.25, 0.3) is 22.2 Å². The fourth-order valence-electron chi connectivity index (χ4n) is 4.35. The van der Waals surface area contributed by atoms with Crippen LogP contribution < -0.4 is 20.7 Å². The van der Waals surface area contributed by atoms with Crippen LogP contribution in [0.2, 0.25) is 0 Å². The first-order chi connectivity index (χ1) is 16.9. The fraction of sp³-hybridized carbons (Fsp3) is 0.333. The highest BCUT2D eigenvalue weighted by atomic mass is 16.5. The van der Waals surface area contributed by atoms with Crippen LogP contribution in [-0.4, -0.2) is 60.3 Å². The molecule has 8 heteroatoms. The molecule has 0 aliphatic heterocycles. The average molecular weight is 474 g/mol. The number of nitrogens with two attached hydrogens (primary N) is 1. The zero-order valence-electron chi connectivity index (χ0n) is 21.2. The summed E-state index contributed by atoms with van der Waals surface area (Å²) in [5.41, 5.74) is 11.8. The molecule has 0 radical (unpaired) electrons. The van der Waals surface area contributed by atoms with Crippen LogP contribution in [0.15, 0.2) is 54.9 Å². The van der Waals surface area contributed by atoms with Gasteiger partial charge in [-0.3, -0.25) is 0 Å². The number of aryl methyl sites for hydroxylation is 1. The smallest absolute Gasteiger partial charge is 0.227 e. The Morgan fingerprint density at radius 2 is 1.89 bits per heavy atom. The number of ether oxygens (including phenoxy) is 1. The number of nitrogens with one attached hydrogen (secondary N) is 1. The lowest BCUT2D eigenvalue weighted by Gasteiger charge is -2.25. The summed E-state index contributed by atoms with van der Waals surface area (Å²) in [6.45, 7) is 5.09. The molecule has 4 rings (SSSR count). The lowest BCUT2D eigenvalue weighted by Crippen LogP contribution is -2.31. The fourth-order valence-corrected chi connectivity index (χ4v) is 4.35. The first kappa shape index (κ1) is 24.3. The lowest BCUT2D eigenvalue weighted by atomic mass is 10.1. The Morgan fingerprint density at radius 3 is 2.66 bits per heavy atom. The molecule has 0 aliphatic carbocycles. The minimum atomic E-state index is 0.482. The predicted molar refractivity (Wildman–Crippen MR) is 146 cm³/mol. The highest BCUT2D eigenvalue weighted by Crippen LogP contribution is 2.36. The van der Waals surface area contributed by atoms with Gasteiger partial charge in [-0.15, -0.1) is 0 Å². The molecule has 184 valence electrons. The maximum Gasteiger partial charge on any atom is 0.227 e. The third kappa shape index (κ3) is 5.33. The number of hydrogen-bond donors (Lipinski definition) is 2. The molecule has 0 atom stereocenters. The molecule has 3 N–H and O–H groups in total. The van der Waals surface area contributed by atoms with Gasteiger partial charge in [-0.25, -0.2) is 9.97 Å². The minimum absolute atomic E-state index is 0.482. The van der Waals surface area contributed by atoms with Crippen molar-refractivity contribution >= 4 is 33.9 Å². The lowest BCUT2D eigenvalue weighted by molar-refractivity contribution is 0.342. The van der Waals surface area contributed by atoms with Gasteiger partial charge < -0.3 is 30.2 Å². The summed E-state index contributed by atoms with van der Waals surface area (Å²) in [4.78, 5) is 13.7. The predicted octanol–water partition coefficient (Wildman–Crippen LogP) is 4.75. The second kappa shape index (κ2) is 10.7. The normalized spacial score (nSPS) is 11.3. The number of para-hydroxylation sites is 1. The van der Waals surface area contributed by atoms with E-state index in [0.717, 1.165) is 59.6 Å². The standard InChI is InChI=1S/C27H35N7O/c1-6-13-32(2)14-15-33(3)25-17-26(35-5)23(16-21(25)28)31-27-29-12-11-22(30-27)20-18-34(4)24-10-8-7-9-19(20)24/h7-12,16-18H,6,13-15,28H2,1-5H3,(H,29,30,31). The first-order valence-corrected chi connectivity index (χ1v) is 11.9. The van der Waals surface area contributed by atoms with Gasteiger partial charge in [0, 0.05) is 62.1 Å². The van der Waals surface area contributed by atoms with E-state index >= 15 is 0 Å². The molecule has 0 amide bonds. The monoisotopic (exact) mass is 473 g/mol. The Kier molecular flexibility index (Phi) is 7.41. The maximum atomic E-state index is 6.46. The van der Waals surface area contributed by atoms with Crippen LogP contribution in [0.1, 0.15) is 13.3 Å². The van der Waals surface area contributed by atoms with Gasteiger partial charge in [-0.05, 0) is 38.2 Å². The van der Waals surface area contributed by atoms with E-state index in [9.17, 15) is 0 Å². The topological polar surface area (TPSA) is 84.5 Å². The van der Waals surface area contributed by atoms with Gasteiger partial charge in [0.25, 0.3) is 0 Å². The van der Waals surface area contributed by atoms with Crippen LogP contribution in [-0.2, 0) is 7.05 Å². The summed E-state index contributed by atoms with van der Waals surface area (Å²) in [6, 6.07) is 14.1. The Hall–Kier alpha value is -3.78. The molecule has 0 saturated carbocycles. The first-order valence-electron chi connectivity index (χ1n) is 11.9. The second-order valence-corrected chi connectivity index (χ2v) is 8.90. The third-order valence-electron chi connectivity index (χ3n) is 6.26. The number of anilines is 4. The number of hydrogen-bond acceptors (Lipinski definition) is 7. The zero-order valence-corrected chi connectivity index (χ0v) is 21.2. The summed E-state index contributed by atoms with van der Waals surface area (Å²) in [6.07, 6.45) is 5.00. The molecular formula is C27H35N7O. The number of benzene rings is 2. The van der Waals surface area contributed by atoms with Crippen molar-refractivity contribution in [1.82, 2.24) is 19.4 Å². The molecule has 35 heavy (non-hydrogen) atoms. The van der Waals surface area contributed by atoms with Crippen LogP contribution in [0.4, 0.5) is 23.0 Å². The van der Waals surface area contributed by atoms with Crippen molar-refractivity contribution in [3.8, 4) is 17.0 Å². The van der Waals surface area contributed by atoms with Crippen molar-refractivity contribution < 1.29 is 4.74 Å². The number of nitrogen functional groups attached to an aromatic ring is 1. The van der Waals surface area contributed by atoms with Crippen LogP contribution in [0.3, 0.4) is 0 Å². The summed E-state index contributed by atoms with van der Waals surface area (Å²) < 4.78 is 7.80. The molecular weight excluding hydrogens is 438 g/mol. The summed E-state index contributed by atoms with van der Waals surface area (Å²) >= 11 is 0. The third-order valence-corrected chi connectivity index (χ3v) is 6.26. The van der Waals surface area contributed by atoms with Crippen molar-refractivity contribution in [2.24, 2.45) is 7.05 Å². The Labute approximate surface area is 207 Å². The molecule has 0 fully saturated rings. The molecule has 0 saturated heterocycles. The van der Waals surface area contributed by atoms with Crippen LogP contribution >= 0.6 is 0 Å². The molecule has 4 aromatic rings. The number of aromatic nitrogens is 3.